The maximum absolute atomic E-state index is 13.2. The summed E-state index contributed by atoms with van der Waals surface area (Å²) in [6.07, 6.45) is 3.76. The Morgan fingerprint density at radius 1 is 1.19 bits per heavy atom. The zero-order chi connectivity index (χ0) is 16.0. The maximum atomic E-state index is 13.2. The van der Waals surface area contributed by atoms with Crippen molar-refractivity contribution in [2.75, 3.05) is 0 Å². The number of aromatic carboxylic acids is 1. The van der Waals surface area contributed by atoms with E-state index in [9.17, 15) is 18.4 Å². The van der Waals surface area contributed by atoms with Crippen molar-refractivity contribution in [2.24, 2.45) is 0 Å². The van der Waals surface area contributed by atoms with Crippen LogP contribution in [0.1, 0.15) is 60.2 Å². The molecule has 0 aliphatic carbocycles. The highest BCUT2D eigenvalue weighted by Gasteiger charge is 2.21. The summed E-state index contributed by atoms with van der Waals surface area (Å²) in [5.74, 6) is -4.73. The molecule has 0 spiro atoms. The molecular formula is C15H19F2NO3. The summed E-state index contributed by atoms with van der Waals surface area (Å²) >= 11 is 0. The number of halogens is 2. The molecule has 2 N–H and O–H groups in total. The van der Waals surface area contributed by atoms with Crippen molar-refractivity contribution in [1.82, 2.24) is 5.32 Å². The fourth-order valence-electron chi connectivity index (χ4n) is 1.99. The van der Waals surface area contributed by atoms with Gasteiger partial charge in [0, 0.05) is 6.04 Å². The molecule has 1 rings (SSSR count). The Bertz CT molecular complexity index is 532. The number of hydrogen-bond donors (Lipinski definition) is 2. The number of carboxylic acid groups (broad SMARTS) is 1. The van der Waals surface area contributed by atoms with Crippen LogP contribution in [0.2, 0.25) is 0 Å². The number of carbonyl (C=O) groups excluding carboxylic acids is 1. The van der Waals surface area contributed by atoms with Gasteiger partial charge in [-0.05, 0) is 25.5 Å². The van der Waals surface area contributed by atoms with Crippen LogP contribution in [0, 0.1) is 11.6 Å². The van der Waals surface area contributed by atoms with Crippen molar-refractivity contribution in [3.8, 4) is 0 Å². The zero-order valence-electron chi connectivity index (χ0n) is 12.1. The first-order valence-electron chi connectivity index (χ1n) is 6.90. The lowest BCUT2D eigenvalue weighted by Crippen LogP contribution is -2.33. The number of rotatable bonds is 7. The van der Waals surface area contributed by atoms with Gasteiger partial charge < -0.3 is 10.4 Å². The summed E-state index contributed by atoms with van der Waals surface area (Å²) in [7, 11) is 0. The largest absolute Gasteiger partial charge is 0.478 e. The molecule has 0 fully saturated rings. The van der Waals surface area contributed by atoms with E-state index in [1.807, 2.05) is 0 Å². The topological polar surface area (TPSA) is 66.4 Å². The SMILES string of the molecule is CCCCCC(C)NC(=O)c1cc(F)c(F)cc1C(=O)O. The third-order valence-corrected chi connectivity index (χ3v) is 3.15. The van der Waals surface area contributed by atoms with Crippen LogP contribution >= 0.6 is 0 Å². The summed E-state index contributed by atoms with van der Waals surface area (Å²) in [5.41, 5.74) is -0.920. The zero-order valence-corrected chi connectivity index (χ0v) is 12.1. The lowest BCUT2D eigenvalue weighted by atomic mass is 10.0. The number of hydrogen-bond acceptors (Lipinski definition) is 2. The third-order valence-electron chi connectivity index (χ3n) is 3.15. The molecule has 1 aromatic rings. The van der Waals surface area contributed by atoms with Crippen molar-refractivity contribution >= 4 is 11.9 Å². The van der Waals surface area contributed by atoms with Crippen LogP contribution in [-0.2, 0) is 0 Å². The van der Waals surface area contributed by atoms with E-state index in [0.717, 1.165) is 25.7 Å². The molecule has 0 bridgehead atoms. The molecule has 0 aliphatic heterocycles. The summed E-state index contributed by atoms with van der Waals surface area (Å²) < 4.78 is 26.3. The van der Waals surface area contributed by atoms with E-state index in [0.29, 0.717) is 12.1 Å². The molecule has 0 aliphatic rings. The second-order valence-corrected chi connectivity index (χ2v) is 4.99. The van der Waals surface area contributed by atoms with E-state index >= 15 is 0 Å². The lowest BCUT2D eigenvalue weighted by Gasteiger charge is -2.15. The Kier molecular flexibility index (Phi) is 6.27. The van der Waals surface area contributed by atoms with Gasteiger partial charge in [-0.3, -0.25) is 4.79 Å². The molecule has 1 aromatic carbocycles. The van der Waals surface area contributed by atoms with Gasteiger partial charge >= 0.3 is 5.97 Å². The molecule has 1 amide bonds. The summed E-state index contributed by atoms with van der Waals surface area (Å²) in [6, 6.07) is 0.972. The first-order chi connectivity index (χ1) is 9.86. The van der Waals surface area contributed by atoms with E-state index in [2.05, 4.69) is 12.2 Å². The van der Waals surface area contributed by atoms with Gasteiger partial charge in [0.05, 0.1) is 11.1 Å². The van der Waals surface area contributed by atoms with Gasteiger partial charge in [0.15, 0.2) is 11.6 Å². The van der Waals surface area contributed by atoms with Crippen molar-refractivity contribution in [1.29, 1.82) is 0 Å². The number of carboxylic acids is 1. The highest BCUT2D eigenvalue weighted by atomic mass is 19.2. The number of amides is 1. The quantitative estimate of drug-likeness (QED) is 0.759. The van der Waals surface area contributed by atoms with E-state index in [4.69, 9.17) is 5.11 Å². The van der Waals surface area contributed by atoms with Gasteiger partial charge in [0.25, 0.3) is 5.91 Å². The Hall–Kier alpha value is -1.98. The van der Waals surface area contributed by atoms with Crippen LogP contribution in [0.3, 0.4) is 0 Å². The summed E-state index contributed by atoms with van der Waals surface area (Å²) in [5, 5.41) is 11.6. The lowest BCUT2D eigenvalue weighted by molar-refractivity contribution is 0.0689. The van der Waals surface area contributed by atoms with Crippen LogP contribution in [0.4, 0.5) is 8.78 Å². The summed E-state index contributed by atoms with van der Waals surface area (Å²) in [4.78, 5) is 23.0. The molecule has 21 heavy (non-hydrogen) atoms. The molecule has 0 radical (unpaired) electrons. The number of nitrogens with one attached hydrogen (secondary N) is 1. The number of benzene rings is 1. The van der Waals surface area contributed by atoms with Crippen molar-refractivity contribution < 1.29 is 23.5 Å². The number of carbonyl (C=O) groups is 2. The van der Waals surface area contributed by atoms with Crippen LogP contribution in [0.15, 0.2) is 12.1 Å². The maximum Gasteiger partial charge on any atom is 0.336 e. The van der Waals surface area contributed by atoms with Gasteiger partial charge in [-0.15, -0.1) is 0 Å². The monoisotopic (exact) mass is 299 g/mol. The van der Waals surface area contributed by atoms with Crippen LogP contribution in [0.25, 0.3) is 0 Å². The van der Waals surface area contributed by atoms with Crippen molar-refractivity contribution in [3.63, 3.8) is 0 Å². The highest BCUT2D eigenvalue weighted by Crippen LogP contribution is 2.16. The van der Waals surface area contributed by atoms with E-state index in [-0.39, 0.29) is 11.6 Å². The highest BCUT2D eigenvalue weighted by molar-refractivity contribution is 6.04. The van der Waals surface area contributed by atoms with E-state index < -0.39 is 29.1 Å². The average molecular weight is 299 g/mol. The Balaban J connectivity index is 2.86. The van der Waals surface area contributed by atoms with Crippen LogP contribution in [0.5, 0.6) is 0 Å². The fraction of sp³-hybridized carbons (Fsp3) is 0.467. The van der Waals surface area contributed by atoms with Gasteiger partial charge in [0.1, 0.15) is 0 Å². The Morgan fingerprint density at radius 2 is 1.76 bits per heavy atom. The molecular weight excluding hydrogens is 280 g/mol. The third kappa shape index (κ3) is 4.81. The molecule has 0 aromatic heterocycles. The molecule has 1 atom stereocenters. The molecule has 116 valence electrons. The predicted molar refractivity (Wildman–Crippen MR) is 74.4 cm³/mol. The van der Waals surface area contributed by atoms with Gasteiger partial charge in [-0.1, -0.05) is 26.2 Å². The molecule has 1 unspecified atom stereocenters. The second-order valence-electron chi connectivity index (χ2n) is 4.99. The first-order valence-corrected chi connectivity index (χ1v) is 6.90. The summed E-state index contributed by atoms with van der Waals surface area (Å²) in [6.45, 7) is 3.84. The molecule has 0 saturated heterocycles. The van der Waals surface area contributed by atoms with Gasteiger partial charge in [0.2, 0.25) is 0 Å². The first kappa shape index (κ1) is 17.1. The minimum Gasteiger partial charge on any atom is -0.478 e. The molecule has 4 nitrogen and oxygen atoms in total. The predicted octanol–water partition coefficient (Wildman–Crippen LogP) is 3.36. The number of unbranched alkanes of at least 4 members (excludes halogenated alkanes) is 2. The van der Waals surface area contributed by atoms with Crippen LogP contribution < -0.4 is 5.32 Å². The average Bonchev–Trinajstić information content (AvgIpc) is 2.41. The molecule has 6 heteroatoms. The van der Waals surface area contributed by atoms with Crippen molar-refractivity contribution in [2.45, 2.75) is 45.6 Å². The van der Waals surface area contributed by atoms with Crippen LogP contribution in [-0.4, -0.2) is 23.0 Å². The Morgan fingerprint density at radius 3 is 2.29 bits per heavy atom. The second kappa shape index (κ2) is 7.71. The van der Waals surface area contributed by atoms with Gasteiger partial charge in [-0.2, -0.15) is 0 Å². The minimum atomic E-state index is -1.47. The van der Waals surface area contributed by atoms with Crippen molar-refractivity contribution in [3.05, 3.63) is 34.9 Å². The molecule has 0 saturated carbocycles. The normalized spacial score (nSPS) is 12.0. The Labute approximate surface area is 122 Å². The smallest absolute Gasteiger partial charge is 0.336 e. The fourth-order valence-corrected chi connectivity index (χ4v) is 1.99. The van der Waals surface area contributed by atoms with E-state index in [1.165, 1.54) is 0 Å². The van der Waals surface area contributed by atoms with E-state index in [1.54, 1.807) is 6.92 Å². The minimum absolute atomic E-state index is 0.168. The van der Waals surface area contributed by atoms with Gasteiger partial charge in [-0.25, -0.2) is 13.6 Å². The molecule has 0 heterocycles. The standard InChI is InChI=1S/C15H19F2NO3/c1-3-4-5-6-9(2)18-14(19)10-7-12(16)13(17)8-11(10)15(20)21/h7-9H,3-6H2,1-2H3,(H,18,19)(H,20,21).